The van der Waals surface area contributed by atoms with Crippen LogP contribution in [0.4, 0.5) is 11.4 Å². The number of carbonyl (C=O) groups is 1. The SMILES string of the molecule is COC(=O)c1cc(N2CCCC(c3nnc4n3CCC4)C2)ccc1[N+](=O)[O-]. The Morgan fingerprint density at radius 2 is 2.15 bits per heavy atom. The van der Waals surface area contributed by atoms with Gasteiger partial charge in [-0.15, -0.1) is 10.2 Å². The molecule has 0 bridgehead atoms. The van der Waals surface area contributed by atoms with Crippen LogP contribution in [0, 0.1) is 10.1 Å². The second kappa shape index (κ2) is 6.98. The van der Waals surface area contributed by atoms with Crippen LogP contribution in [-0.4, -0.2) is 45.9 Å². The second-order valence-corrected chi connectivity index (χ2v) is 6.96. The molecule has 0 spiro atoms. The molecule has 2 aromatic rings. The fourth-order valence-corrected chi connectivity index (χ4v) is 4.05. The van der Waals surface area contributed by atoms with E-state index in [0.29, 0.717) is 0 Å². The molecule has 0 radical (unpaired) electrons. The third kappa shape index (κ3) is 3.13. The third-order valence-corrected chi connectivity index (χ3v) is 5.37. The van der Waals surface area contributed by atoms with Gasteiger partial charge in [-0.25, -0.2) is 4.79 Å². The minimum atomic E-state index is -0.701. The number of nitrogens with zero attached hydrogens (tertiary/aromatic N) is 5. The van der Waals surface area contributed by atoms with Crippen molar-refractivity contribution < 1.29 is 14.5 Å². The average Bonchev–Trinajstić information content (AvgIpc) is 3.30. The number of hydrogen-bond donors (Lipinski definition) is 0. The maximum Gasteiger partial charge on any atom is 0.344 e. The molecule has 0 aliphatic carbocycles. The van der Waals surface area contributed by atoms with Crippen molar-refractivity contribution in [2.75, 3.05) is 25.1 Å². The number of piperidine rings is 1. The lowest BCUT2D eigenvalue weighted by Crippen LogP contribution is -2.35. The molecule has 0 saturated carbocycles. The molecule has 9 nitrogen and oxygen atoms in total. The van der Waals surface area contributed by atoms with Gasteiger partial charge in [0.15, 0.2) is 0 Å². The number of methoxy groups -OCH3 is 1. The van der Waals surface area contributed by atoms with E-state index in [1.54, 1.807) is 12.1 Å². The van der Waals surface area contributed by atoms with Crippen LogP contribution in [0.3, 0.4) is 0 Å². The van der Waals surface area contributed by atoms with Crippen LogP contribution in [0.5, 0.6) is 0 Å². The molecule has 1 saturated heterocycles. The van der Waals surface area contributed by atoms with Crippen molar-refractivity contribution in [3.8, 4) is 0 Å². The number of esters is 1. The predicted octanol–water partition coefficient (Wildman–Crippen LogP) is 2.30. The van der Waals surface area contributed by atoms with Crippen molar-refractivity contribution in [1.29, 1.82) is 0 Å². The van der Waals surface area contributed by atoms with E-state index >= 15 is 0 Å². The van der Waals surface area contributed by atoms with Gasteiger partial charge < -0.3 is 14.2 Å². The Morgan fingerprint density at radius 1 is 1.30 bits per heavy atom. The first-order chi connectivity index (χ1) is 13.1. The Kier molecular flexibility index (Phi) is 4.51. The first-order valence-corrected chi connectivity index (χ1v) is 9.12. The Morgan fingerprint density at radius 3 is 2.93 bits per heavy atom. The van der Waals surface area contributed by atoms with Gasteiger partial charge in [-0.2, -0.15) is 0 Å². The number of rotatable bonds is 4. The highest BCUT2D eigenvalue weighted by Gasteiger charge is 2.30. The minimum absolute atomic E-state index is 0.0227. The van der Waals surface area contributed by atoms with Gasteiger partial charge in [0.05, 0.1) is 12.0 Å². The molecule has 1 aromatic heterocycles. The molecule has 27 heavy (non-hydrogen) atoms. The number of nitro groups is 1. The Labute approximate surface area is 156 Å². The second-order valence-electron chi connectivity index (χ2n) is 6.96. The molecule has 142 valence electrons. The quantitative estimate of drug-likeness (QED) is 0.461. The number of fused-ring (bicyclic) bond motifs is 1. The lowest BCUT2D eigenvalue weighted by molar-refractivity contribution is -0.385. The van der Waals surface area contributed by atoms with Crippen molar-refractivity contribution in [1.82, 2.24) is 14.8 Å². The number of ether oxygens (including phenoxy) is 1. The molecular weight excluding hydrogens is 350 g/mol. The van der Waals surface area contributed by atoms with Gasteiger partial charge in [-0.3, -0.25) is 10.1 Å². The summed E-state index contributed by atoms with van der Waals surface area (Å²) in [4.78, 5) is 24.8. The van der Waals surface area contributed by atoms with E-state index in [1.807, 2.05) is 0 Å². The monoisotopic (exact) mass is 371 g/mol. The number of benzene rings is 1. The molecule has 1 unspecified atom stereocenters. The highest BCUT2D eigenvalue weighted by atomic mass is 16.6. The van der Waals surface area contributed by atoms with E-state index in [0.717, 1.165) is 62.7 Å². The number of carbonyl (C=O) groups excluding carboxylic acids is 1. The maximum absolute atomic E-state index is 12.0. The molecule has 0 amide bonds. The maximum atomic E-state index is 12.0. The summed E-state index contributed by atoms with van der Waals surface area (Å²) in [5.41, 5.74) is 0.520. The van der Waals surface area contributed by atoms with E-state index in [1.165, 1.54) is 13.2 Å². The largest absolute Gasteiger partial charge is 0.465 e. The smallest absolute Gasteiger partial charge is 0.344 e. The molecule has 4 rings (SSSR count). The molecule has 0 N–H and O–H groups in total. The number of nitro benzene ring substituents is 1. The number of aryl methyl sites for hydroxylation is 1. The lowest BCUT2D eigenvalue weighted by Gasteiger charge is -2.34. The first kappa shape index (κ1) is 17.4. The fraction of sp³-hybridized carbons (Fsp3) is 0.500. The zero-order valence-corrected chi connectivity index (χ0v) is 15.1. The van der Waals surface area contributed by atoms with Gasteiger partial charge in [0, 0.05) is 43.7 Å². The molecule has 2 aliphatic heterocycles. The molecule has 1 fully saturated rings. The van der Waals surface area contributed by atoms with Crippen molar-refractivity contribution in [2.45, 2.75) is 38.1 Å². The summed E-state index contributed by atoms with van der Waals surface area (Å²) in [6.45, 7) is 2.55. The van der Waals surface area contributed by atoms with E-state index in [4.69, 9.17) is 4.74 Å². The fourth-order valence-electron chi connectivity index (χ4n) is 4.05. The average molecular weight is 371 g/mol. The van der Waals surface area contributed by atoms with Gasteiger partial charge in [0.1, 0.15) is 17.2 Å². The van der Waals surface area contributed by atoms with E-state index in [-0.39, 0.29) is 17.2 Å². The standard InChI is InChI=1S/C18H21N5O4/c1-27-18(24)14-10-13(6-7-15(14)23(25)26)21-8-2-4-12(11-21)17-20-19-16-5-3-9-22(16)17/h6-7,10,12H,2-5,8-9,11H2,1H3. The van der Waals surface area contributed by atoms with Crippen molar-refractivity contribution in [3.63, 3.8) is 0 Å². The summed E-state index contributed by atoms with van der Waals surface area (Å²) in [5, 5.41) is 19.9. The molecule has 1 atom stereocenters. The van der Waals surface area contributed by atoms with Gasteiger partial charge in [-0.1, -0.05) is 0 Å². The molecule has 3 heterocycles. The summed E-state index contributed by atoms with van der Waals surface area (Å²) < 4.78 is 6.94. The number of aromatic nitrogens is 3. The van der Waals surface area contributed by atoms with Crippen LogP contribution >= 0.6 is 0 Å². The van der Waals surface area contributed by atoms with E-state index in [9.17, 15) is 14.9 Å². The normalized spacial score (nSPS) is 19.0. The van der Waals surface area contributed by atoms with Gasteiger partial charge in [-0.05, 0) is 31.4 Å². The molecular formula is C18H21N5O4. The van der Waals surface area contributed by atoms with Crippen molar-refractivity contribution in [3.05, 3.63) is 45.5 Å². The molecule has 9 heteroatoms. The Bertz CT molecular complexity index is 894. The number of hydrogen-bond acceptors (Lipinski definition) is 7. The van der Waals surface area contributed by atoms with Crippen LogP contribution in [-0.2, 0) is 17.7 Å². The van der Waals surface area contributed by atoms with Crippen LogP contribution in [0.2, 0.25) is 0 Å². The zero-order chi connectivity index (χ0) is 19.0. The topological polar surface area (TPSA) is 103 Å². The summed E-state index contributed by atoms with van der Waals surface area (Å²) in [5.74, 6) is 1.65. The summed E-state index contributed by atoms with van der Waals surface area (Å²) in [7, 11) is 1.22. The van der Waals surface area contributed by atoms with E-state index in [2.05, 4.69) is 19.7 Å². The van der Waals surface area contributed by atoms with Gasteiger partial charge >= 0.3 is 5.97 Å². The third-order valence-electron chi connectivity index (χ3n) is 5.37. The van der Waals surface area contributed by atoms with Gasteiger partial charge in [0.25, 0.3) is 5.69 Å². The molecule has 2 aliphatic rings. The van der Waals surface area contributed by atoms with Crippen LogP contribution in [0.15, 0.2) is 18.2 Å². The Balaban J connectivity index is 1.61. The van der Waals surface area contributed by atoms with Crippen LogP contribution in [0.1, 0.15) is 47.2 Å². The highest BCUT2D eigenvalue weighted by Crippen LogP contribution is 2.33. The van der Waals surface area contributed by atoms with Crippen LogP contribution in [0.25, 0.3) is 0 Å². The highest BCUT2D eigenvalue weighted by molar-refractivity contribution is 5.95. The zero-order valence-electron chi connectivity index (χ0n) is 15.1. The van der Waals surface area contributed by atoms with Crippen LogP contribution < -0.4 is 4.90 Å². The lowest BCUT2D eigenvalue weighted by atomic mass is 9.96. The summed E-state index contributed by atoms with van der Waals surface area (Å²) >= 11 is 0. The summed E-state index contributed by atoms with van der Waals surface area (Å²) in [6.07, 6.45) is 4.11. The minimum Gasteiger partial charge on any atom is -0.465 e. The Hall–Kier alpha value is -2.97. The first-order valence-electron chi connectivity index (χ1n) is 9.12. The predicted molar refractivity (Wildman–Crippen MR) is 97.0 cm³/mol. The number of anilines is 1. The summed E-state index contributed by atoms with van der Waals surface area (Å²) in [6, 6.07) is 4.63. The molecule has 1 aromatic carbocycles. The van der Waals surface area contributed by atoms with Gasteiger partial charge in [0.2, 0.25) is 0 Å². The van der Waals surface area contributed by atoms with Crippen molar-refractivity contribution in [2.24, 2.45) is 0 Å². The van der Waals surface area contributed by atoms with Crippen molar-refractivity contribution >= 4 is 17.3 Å². The van der Waals surface area contributed by atoms with E-state index < -0.39 is 10.9 Å².